The number of anilines is 2. The first-order valence-corrected chi connectivity index (χ1v) is 14.6. The zero-order valence-electron chi connectivity index (χ0n) is 22.7. The van der Waals surface area contributed by atoms with Crippen LogP contribution in [0.1, 0.15) is 84.0 Å². The van der Waals surface area contributed by atoms with Crippen molar-refractivity contribution < 1.29 is 14.3 Å². The summed E-state index contributed by atoms with van der Waals surface area (Å²) in [6, 6.07) is 2.73. The maximum atomic E-state index is 12.8. The standard InChI is InChI=1S/C28H46N6O3/c1-2-37-27(36)14-9-13-26(35)34-20-10-12-24(22-34)33-19-8-5-11-23(21-33)30-28-29-16-15-25(31-28)32-17-6-3-4-7-18-32/h15-16,23-24H,2-14,17-22H2,1H3,(H,29,30,31). The minimum atomic E-state index is -0.212. The second kappa shape index (κ2) is 14.5. The number of amides is 1. The number of hydrogen-bond acceptors (Lipinski definition) is 8. The Hall–Kier alpha value is -2.42. The number of rotatable bonds is 9. The van der Waals surface area contributed by atoms with Crippen LogP contribution in [-0.4, -0.2) is 89.6 Å². The SMILES string of the molecule is CCOC(=O)CCCC(=O)N1CCCC(N2CCCCC(Nc3nccc(N4CCCCCC4)n3)C2)C1. The predicted molar refractivity (Wildman–Crippen MR) is 146 cm³/mol. The number of carbonyl (C=O) groups is 2. The van der Waals surface area contributed by atoms with Crippen LogP contribution >= 0.6 is 0 Å². The van der Waals surface area contributed by atoms with E-state index in [2.05, 4.69) is 20.1 Å². The molecule has 3 fully saturated rings. The Labute approximate surface area is 222 Å². The van der Waals surface area contributed by atoms with Gasteiger partial charge in [-0.15, -0.1) is 0 Å². The predicted octanol–water partition coefficient (Wildman–Crippen LogP) is 3.85. The van der Waals surface area contributed by atoms with Gasteiger partial charge in [0.15, 0.2) is 0 Å². The highest BCUT2D eigenvalue weighted by molar-refractivity contribution is 5.77. The van der Waals surface area contributed by atoms with Gasteiger partial charge in [0.25, 0.3) is 0 Å². The summed E-state index contributed by atoms with van der Waals surface area (Å²) in [5.74, 6) is 1.72. The maximum Gasteiger partial charge on any atom is 0.305 e. The average molecular weight is 515 g/mol. The molecule has 0 aromatic carbocycles. The number of nitrogens with zero attached hydrogens (tertiary/aromatic N) is 5. The van der Waals surface area contributed by atoms with Crippen molar-refractivity contribution in [1.82, 2.24) is 19.8 Å². The van der Waals surface area contributed by atoms with Crippen molar-refractivity contribution in [3.63, 3.8) is 0 Å². The van der Waals surface area contributed by atoms with E-state index >= 15 is 0 Å². The van der Waals surface area contributed by atoms with Gasteiger partial charge in [0.2, 0.25) is 11.9 Å². The molecule has 1 amide bonds. The number of esters is 1. The molecule has 206 valence electrons. The second-order valence-corrected chi connectivity index (χ2v) is 10.8. The lowest BCUT2D eigenvalue weighted by Gasteiger charge is -2.40. The van der Waals surface area contributed by atoms with E-state index in [4.69, 9.17) is 9.72 Å². The van der Waals surface area contributed by atoms with Gasteiger partial charge < -0.3 is 19.9 Å². The normalized spacial score (nSPS) is 23.7. The molecule has 0 radical (unpaired) electrons. The number of aromatic nitrogens is 2. The topological polar surface area (TPSA) is 90.9 Å². The number of carbonyl (C=O) groups excluding carboxylic acids is 2. The number of ether oxygens (including phenoxy) is 1. The lowest BCUT2D eigenvalue weighted by Crippen LogP contribution is -2.51. The van der Waals surface area contributed by atoms with E-state index in [1.54, 1.807) is 6.92 Å². The van der Waals surface area contributed by atoms with Crippen LogP contribution in [0.3, 0.4) is 0 Å². The Morgan fingerprint density at radius 3 is 2.59 bits per heavy atom. The summed E-state index contributed by atoms with van der Waals surface area (Å²) in [4.78, 5) is 40.9. The van der Waals surface area contributed by atoms with Gasteiger partial charge in [-0.1, -0.05) is 19.3 Å². The van der Waals surface area contributed by atoms with Crippen molar-refractivity contribution in [3.8, 4) is 0 Å². The van der Waals surface area contributed by atoms with Crippen LogP contribution in [0.5, 0.6) is 0 Å². The van der Waals surface area contributed by atoms with E-state index in [-0.39, 0.29) is 11.9 Å². The molecule has 0 saturated carbocycles. The van der Waals surface area contributed by atoms with Crippen LogP contribution in [0, 0.1) is 0 Å². The molecule has 9 heteroatoms. The molecule has 3 aliphatic rings. The zero-order chi connectivity index (χ0) is 25.9. The van der Waals surface area contributed by atoms with E-state index in [0.717, 1.165) is 70.3 Å². The van der Waals surface area contributed by atoms with E-state index in [9.17, 15) is 9.59 Å². The summed E-state index contributed by atoms with van der Waals surface area (Å²) in [6.45, 7) is 7.98. The van der Waals surface area contributed by atoms with Gasteiger partial charge in [0.05, 0.1) is 6.61 Å². The number of hydrogen-bond donors (Lipinski definition) is 1. The molecular weight excluding hydrogens is 468 g/mol. The van der Waals surface area contributed by atoms with Gasteiger partial charge in [0, 0.05) is 63.8 Å². The third-order valence-electron chi connectivity index (χ3n) is 7.95. The first kappa shape index (κ1) is 27.6. The number of nitrogens with one attached hydrogen (secondary N) is 1. The third-order valence-corrected chi connectivity index (χ3v) is 7.95. The summed E-state index contributed by atoms with van der Waals surface area (Å²) in [7, 11) is 0. The molecule has 4 heterocycles. The molecule has 1 N–H and O–H groups in total. The fraction of sp³-hybridized carbons (Fsp3) is 0.786. The maximum absolute atomic E-state index is 12.8. The van der Waals surface area contributed by atoms with E-state index in [0.29, 0.717) is 38.0 Å². The summed E-state index contributed by atoms with van der Waals surface area (Å²) >= 11 is 0. The van der Waals surface area contributed by atoms with Crippen molar-refractivity contribution in [2.24, 2.45) is 0 Å². The Morgan fingerprint density at radius 2 is 1.78 bits per heavy atom. The first-order valence-electron chi connectivity index (χ1n) is 14.6. The third kappa shape index (κ3) is 8.55. The fourth-order valence-electron chi connectivity index (χ4n) is 5.95. The summed E-state index contributed by atoms with van der Waals surface area (Å²) in [5.41, 5.74) is 0. The van der Waals surface area contributed by atoms with Crippen LogP contribution in [0.15, 0.2) is 12.3 Å². The number of likely N-dealkylation sites (tertiary alicyclic amines) is 2. The molecule has 9 nitrogen and oxygen atoms in total. The Kier molecular flexibility index (Phi) is 10.8. The lowest BCUT2D eigenvalue weighted by atomic mass is 10.0. The molecule has 2 unspecified atom stereocenters. The van der Waals surface area contributed by atoms with Crippen LogP contribution < -0.4 is 10.2 Å². The largest absolute Gasteiger partial charge is 0.466 e. The Balaban J connectivity index is 1.30. The van der Waals surface area contributed by atoms with Crippen LogP contribution in [0.2, 0.25) is 0 Å². The van der Waals surface area contributed by atoms with Gasteiger partial charge in [0.1, 0.15) is 5.82 Å². The molecule has 3 aliphatic heterocycles. The molecule has 37 heavy (non-hydrogen) atoms. The highest BCUT2D eigenvalue weighted by atomic mass is 16.5. The molecule has 2 atom stereocenters. The van der Waals surface area contributed by atoms with Crippen LogP contribution in [0.4, 0.5) is 11.8 Å². The Morgan fingerprint density at radius 1 is 0.973 bits per heavy atom. The quantitative estimate of drug-likeness (QED) is 0.497. The molecular formula is C28H46N6O3. The van der Waals surface area contributed by atoms with E-state index in [1.807, 2.05) is 17.2 Å². The smallest absolute Gasteiger partial charge is 0.305 e. The van der Waals surface area contributed by atoms with Gasteiger partial charge in [-0.25, -0.2) is 4.98 Å². The van der Waals surface area contributed by atoms with Crippen molar-refractivity contribution in [2.45, 2.75) is 96.1 Å². The van der Waals surface area contributed by atoms with E-state index < -0.39 is 0 Å². The van der Waals surface area contributed by atoms with Crippen LogP contribution in [-0.2, 0) is 14.3 Å². The minimum Gasteiger partial charge on any atom is -0.466 e. The molecule has 0 aliphatic carbocycles. The average Bonchev–Trinajstić information content (AvgIpc) is 3.33. The lowest BCUT2D eigenvalue weighted by molar-refractivity contribution is -0.143. The summed E-state index contributed by atoms with van der Waals surface area (Å²) < 4.78 is 4.98. The second-order valence-electron chi connectivity index (χ2n) is 10.8. The van der Waals surface area contributed by atoms with Gasteiger partial charge in [-0.05, 0) is 64.5 Å². The Bertz CT molecular complexity index is 860. The molecule has 1 aromatic rings. The molecule has 1 aromatic heterocycles. The minimum absolute atomic E-state index is 0.164. The van der Waals surface area contributed by atoms with Gasteiger partial charge in [-0.3, -0.25) is 14.5 Å². The van der Waals surface area contributed by atoms with Crippen molar-refractivity contribution in [1.29, 1.82) is 0 Å². The zero-order valence-corrected chi connectivity index (χ0v) is 22.7. The van der Waals surface area contributed by atoms with Gasteiger partial charge in [-0.2, -0.15) is 4.98 Å². The van der Waals surface area contributed by atoms with Gasteiger partial charge >= 0.3 is 5.97 Å². The molecule has 4 rings (SSSR count). The van der Waals surface area contributed by atoms with Crippen molar-refractivity contribution in [2.75, 3.05) is 56.1 Å². The highest BCUT2D eigenvalue weighted by Crippen LogP contribution is 2.23. The molecule has 0 bridgehead atoms. The number of piperidine rings is 1. The molecule has 0 spiro atoms. The monoisotopic (exact) mass is 514 g/mol. The summed E-state index contributed by atoms with van der Waals surface area (Å²) in [5, 5.41) is 3.65. The van der Waals surface area contributed by atoms with Crippen molar-refractivity contribution in [3.05, 3.63) is 12.3 Å². The van der Waals surface area contributed by atoms with Crippen LogP contribution in [0.25, 0.3) is 0 Å². The van der Waals surface area contributed by atoms with E-state index in [1.165, 1.54) is 38.5 Å². The first-order chi connectivity index (χ1) is 18.1. The highest BCUT2D eigenvalue weighted by Gasteiger charge is 2.30. The van der Waals surface area contributed by atoms with Crippen molar-refractivity contribution >= 4 is 23.6 Å². The fourth-order valence-corrected chi connectivity index (χ4v) is 5.95. The summed E-state index contributed by atoms with van der Waals surface area (Å²) in [6.07, 6.45) is 13.9. The molecule has 3 saturated heterocycles.